The van der Waals surface area contributed by atoms with Crippen LogP contribution in [0.4, 0.5) is 0 Å². The van der Waals surface area contributed by atoms with Crippen LogP contribution in [-0.2, 0) is 0 Å². The lowest BCUT2D eigenvalue weighted by Crippen LogP contribution is -2.33. The largest absolute Gasteiger partial charge is 0.317 e. The average molecular weight is 184 g/mol. The number of rotatable bonds is 7. The molecule has 2 heteroatoms. The van der Waals surface area contributed by atoms with Crippen LogP contribution in [0.1, 0.15) is 33.1 Å². The molecule has 13 heavy (non-hydrogen) atoms. The zero-order valence-corrected chi connectivity index (χ0v) is 9.34. The van der Waals surface area contributed by atoms with E-state index in [1.54, 1.807) is 0 Å². The molecule has 0 aliphatic heterocycles. The Hall–Kier alpha value is -0.0800. The molecule has 2 nitrogen and oxygen atoms in total. The summed E-state index contributed by atoms with van der Waals surface area (Å²) in [5.74, 6) is 1.00. The molecular weight excluding hydrogens is 160 g/mol. The Morgan fingerprint density at radius 3 is 2.69 bits per heavy atom. The van der Waals surface area contributed by atoms with Crippen LogP contribution in [0.15, 0.2) is 0 Å². The van der Waals surface area contributed by atoms with Crippen molar-refractivity contribution < 1.29 is 0 Å². The molecule has 1 unspecified atom stereocenters. The summed E-state index contributed by atoms with van der Waals surface area (Å²) in [5.41, 5.74) is 0. The molecule has 1 aliphatic rings. The number of nitrogens with zero attached hydrogens (tertiary/aromatic N) is 1. The van der Waals surface area contributed by atoms with Gasteiger partial charge in [0.2, 0.25) is 0 Å². The Labute approximate surface area is 82.7 Å². The molecule has 0 aromatic heterocycles. The summed E-state index contributed by atoms with van der Waals surface area (Å²) in [6.07, 6.45) is 4.19. The van der Waals surface area contributed by atoms with E-state index in [1.165, 1.54) is 25.8 Å². The fraction of sp³-hybridized carbons (Fsp3) is 1.00. The van der Waals surface area contributed by atoms with Crippen LogP contribution < -0.4 is 5.32 Å². The monoisotopic (exact) mass is 184 g/mol. The standard InChI is InChI=1S/C11H24N2/c1-4-12-8-5-9-13(3)10(2)11-6-7-11/h10-12H,4-9H2,1-3H3. The van der Waals surface area contributed by atoms with Crippen molar-refractivity contribution in [3.63, 3.8) is 0 Å². The minimum Gasteiger partial charge on any atom is -0.317 e. The van der Waals surface area contributed by atoms with E-state index in [1.807, 2.05) is 0 Å². The second-order valence-corrected chi connectivity index (χ2v) is 4.27. The summed E-state index contributed by atoms with van der Waals surface area (Å²) in [6.45, 7) is 8.03. The van der Waals surface area contributed by atoms with Crippen LogP contribution in [0, 0.1) is 5.92 Å². The van der Waals surface area contributed by atoms with Crippen molar-refractivity contribution in [3.8, 4) is 0 Å². The molecule has 1 aliphatic carbocycles. The predicted octanol–water partition coefficient (Wildman–Crippen LogP) is 1.72. The van der Waals surface area contributed by atoms with E-state index in [0.717, 1.165) is 25.0 Å². The van der Waals surface area contributed by atoms with Gasteiger partial charge < -0.3 is 10.2 Å². The van der Waals surface area contributed by atoms with Crippen molar-refractivity contribution in [2.75, 3.05) is 26.7 Å². The highest BCUT2D eigenvalue weighted by Gasteiger charge is 2.29. The van der Waals surface area contributed by atoms with Crippen LogP contribution in [0.3, 0.4) is 0 Å². The van der Waals surface area contributed by atoms with Crippen molar-refractivity contribution in [2.24, 2.45) is 5.92 Å². The van der Waals surface area contributed by atoms with Crippen molar-refractivity contribution >= 4 is 0 Å². The van der Waals surface area contributed by atoms with Crippen molar-refractivity contribution in [1.29, 1.82) is 0 Å². The highest BCUT2D eigenvalue weighted by molar-refractivity contribution is 4.83. The minimum absolute atomic E-state index is 0.807. The second kappa shape index (κ2) is 5.61. The summed E-state index contributed by atoms with van der Waals surface area (Å²) in [5, 5.41) is 3.36. The third-order valence-electron chi connectivity index (χ3n) is 3.11. The van der Waals surface area contributed by atoms with Crippen LogP contribution in [0.5, 0.6) is 0 Å². The first-order valence-electron chi connectivity index (χ1n) is 5.66. The van der Waals surface area contributed by atoms with Gasteiger partial charge in [-0.1, -0.05) is 6.92 Å². The molecule has 0 radical (unpaired) electrons. The highest BCUT2D eigenvalue weighted by Crippen LogP contribution is 2.34. The fourth-order valence-electron chi connectivity index (χ4n) is 1.77. The smallest absolute Gasteiger partial charge is 0.00921 e. The van der Waals surface area contributed by atoms with Crippen molar-refractivity contribution in [2.45, 2.75) is 39.2 Å². The van der Waals surface area contributed by atoms with Crippen LogP contribution in [0.2, 0.25) is 0 Å². The van der Waals surface area contributed by atoms with Gasteiger partial charge in [-0.2, -0.15) is 0 Å². The van der Waals surface area contributed by atoms with Crippen molar-refractivity contribution in [1.82, 2.24) is 10.2 Å². The second-order valence-electron chi connectivity index (χ2n) is 4.27. The highest BCUT2D eigenvalue weighted by atomic mass is 15.1. The zero-order valence-electron chi connectivity index (χ0n) is 9.34. The Bertz CT molecular complexity index is 132. The topological polar surface area (TPSA) is 15.3 Å². The van der Waals surface area contributed by atoms with Gasteiger partial charge in [0.25, 0.3) is 0 Å². The summed E-state index contributed by atoms with van der Waals surface area (Å²) in [7, 11) is 2.26. The third kappa shape index (κ3) is 4.10. The van der Waals surface area contributed by atoms with Crippen LogP contribution in [-0.4, -0.2) is 37.6 Å². The first-order chi connectivity index (χ1) is 6.25. The molecular formula is C11H24N2. The molecule has 1 atom stereocenters. The SMILES string of the molecule is CCNCCCN(C)C(C)C1CC1. The maximum absolute atomic E-state index is 3.36. The molecule has 0 aromatic rings. The van der Waals surface area contributed by atoms with Gasteiger partial charge >= 0.3 is 0 Å². The first-order valence-corrected chi connectivity index (χ1v) is 5.66. The minimum atomic E-state index is 0.807. The number of hydrogen-bond donors (Lipinski definition) is 1. The van der Waals surface area contributed by atoms with E-state index in [-0.39, 0.29) is 0 Å². The predicted molar refractivity (Wildman–Crippen MR) is 58.0 cm³/mol. The zero-order chi connectivity index (χ0) is 9.68. The molecule has 78 valence electrons. The van der Waals surface area contributed by atoms with Gasteiger partial charge in [0.15, 0.2) is 0 Å². The van der Waals surface area contributed by atoms with Crippen molar-refractivity contribution in [3.05, 3.63) is 0 Å². The normalized spacial score (nSPS) is 19.4. The Kier molecular flexibility index (Phi) is 4.74. The van der Waals surface area contributed by atoms with Crippen LogP contribution >= 0.6 is 0 Å². The van der Waals surface area contributed by atoms with Gasteiger partial charge in [-0.3, -0.25) is 0 Å². The summed E-state index contributed by atoms with van der Waals surface area (Å²) < 4.78 is 0. The van der Waals surface area contributed by atoms with E-state index in [4.69, 9.17) is 0 Å². The molecule has 0 saturated heterocycles. The third-order valence-corrected chi connectivity index (χ3v) is 3.11. The van der Waals surface area contributed by atoms with E-state index in [2.05, 4.69) is 31.1 Å². The molecule has 0 aromatic carbocycles. The fourth-order valence-corrected chi connectivity index (χ4v) is 1.77. The summed E-state index contributed by atoms with van der Waals surface area (Å²) in [6, 6.07) is 0.807. The quantitative estimate of drug-likeness (QED) is 0.606. The number of hydrogen-bond acceptors (Lipinski definition) is 2. The van der Waals surface area contributed by atoms with Gasteiger partial charge in [0, 0.05) is 6.04 Å². The maximum Gasteiger partial charge on any atom is 0.00921 e. The van der Waals surface area contributed by atoms with Gasteiger partial charge in [0.1, 0.15) is 0 Å². The Balaban J connectivity index is 1.99. The summed E-state index contributed by atoms with van der Waals surface area (Å²) in [4.78, 5) is 2.51. The maximum atomic E-state index is 3.36. The van der Waals surface area contributed by atoms with Gasteiger partial charge in [-0.15, -0.1) is 0 Å². The average Bonchev–Trinajstić information content (AvgIpc) is 2.94. The van der Waals surface area contributed by atoms with E-state index in [9.17, 15) is 0 Å². The van der Waals surface area contributed by atoms with Gasteiger partial charge in [0.05, 0.1) is 0 Å². The lowest BCUT2D eigenvalue weighted by molar-refractivity contribution is 0.231. The molecule has 1 fully saturated rings. The first kappa shape index (κ1) is 11.0. The number of nitrogens with one attached hydrogen (secondary N) is 1. The van der Waals surface area contributed by atoms with Gasteiger partial charge in [-0.25, -0.2) is 0 Å². The molecule has 0 heterocycles. The lowest BCUT2D eigenvalue weighted by atomic mass is 10.2. The molecule has 1 rings (SSSR count). The molecule has 1 N–H and O–H groups in total. The van der Waals surface area contributed by atoms with E-state index < -0.39 is 0 Å². The summed E-state index contributed by atoms with van der Waals surface area (Å²) >= 11 is 0. The Morgan fingerprint density at radius 1 is 1.46 bits per heavy atom. The van der Waals surface area contributed by atoms with Crippen LogP contribution in [0.25, 0.3) is 0 Å². The Morgan fingerprint density at radius 2 is 2.15 bits per heavy atom. The van der Waals surface area contributed by atoms with E-state index in [0.29, 0.717) is 0 Å². The van der Waals surface area contributed by atoms with Gasteiger partial charge in [-0.05, 0) is 58.8 Å². The molecule has 0 amide bonds. The molecule has 1 saturated carbocycles. The molecule has 0 spiro atoms. The van der Waals surface area contributed by atoms with E-state index >= 15 is 0 Å². The molecule has 0 bridgehead atoms. The lowest BCUT2D eigenvalue weighted by Gasteiger charge is -2.24.